The summed E-state index contributed by atoms with van der Waals surface area (Å²) in [5, 5.41) is 3.12. The summed E-state index contributed by atoms with van der Waals surface area (Å²) in [5.74, 6) is 1.22. The van der Waals surface area contributed by atoms with Crippen molar-refractivity contribution in [3.05, 3.63) is 47.0 Å². The second kappa shape index (κ2) is 7.56. The quantitative estimate of drug-likeness (QED) is 0.805. The van der Waals surface area contributed by atoms with E-state index in [2.05, 4.69) is 5.32 Å². The first-order chi connectivity index (χ1) is 12.6. The number of rotatable bonds is 5. The van der Waals surface area contributed by atoms with Crippen LogP contribution in [0.3, 0.4) is 0 Å². The molecule has 0 aromatic heterocycles. The Kier molecular flexibility index (Phi) is 5.21. The van der Waals surface area contributed by atoms with E-state index in [4.69, 9.17) is 19.9 Å². The maximum absolute atomic E-state index is 12.9. The number of anilines is 1. The number of ether oxygens (including phenoxy) is 3. The molecule has 2 aromatic carbocycles. The molecule has 3 rings (SSSR count). The standard InChI is InChI=1S/C20H24N2O4/c1-24-17-11-19(26-3)18(25-2)10-15(17)20(23)22-16-6-4-5-12-9-13(21)7-8-14(12)16/h7-11,16H,4-6,21H2,1-3H3,(H,22,23). The summed E-state index contributed by atoms with van der Waals surface area (Å²) in [5.41, 5.74) is 9.36. The van der Waals surface area contributed by atoms with Gasteiger partial charge in [0.25, 0.3) is 5.91 Å². The van der Waals surface area contributed by atoms with Gasteiger partial charge >= 0.3 is 0 Å². The smallest absolute Gasteiger partial charge is 0.255 e. The first-order valence-corrected chi connectivity index (χ1v) is 8.56. The Morgan fingerprint density at radius 3 is 2.42 bits per heavy atom. The average molecular weight is 356 g/mol. The maximum Gasteiger partial charge on any atom is 0.255 e. The highest BCUT2D eigenvalue weighted by Gasteiger charge is 2.25. The molecule has 0 saturated heterocycles. The van der Waals surface area contributed by atoms with Gasteiger partial charge in [-0.05, 0) is 42.5 Å². The number of fused-ring (bicyclic) bond motifs is 1. The molecule has 0 radical (unpaired) electrons. The van der Waals surface area contributed by atoms with Gasteiger partial charge in [-0.3, -0.25) is 4.79 Å². The molecule has 6 nitrogen and oxygen atoms in total. The van der Waals surface area contributed by atoms with Gasteiger partial charge in [-0.1, -0.05) is 6.07 Å². The zero-order chi connectivity index (χ0) is 18.7. The summed E-state index contributed by atoms with van der Waals surface area (Å²) in [4.78, 5) is 12.9. The van der Waals surface area contributed by atoms with Gasteiger partial charge < -0.3 is 25.3 Å². The predicted molar refractivity (Wildman–Crippen MR) is 100 cm³/mol. The number of amides is 1. The van der Waals surface area contributed by atoms with Crippen molar-refractivity contribution in [2.45, 2.75) is 25.3 Å². The van der Waals surface area contributed by atoms with Crippen molar-refractivity contribution in [1.82, 2.24) is 5.32 Å². The monoisotopic (exact) mass is 356 g/mol. The van der Waals surface area contributed by atoms with Crippen molar-refractivity contribution in [3.63, 3.8) is 0 Å². The molecule has 2 aromatic rings. The van der Waals surface area contributed by atoms with Crippen molar-refractivity contribution in [3.8, 4) is 17.2 Å². The van der Waals surface area contributed by atoms with E-state index in [0.717, 1.165) is 30.5 Å². The van der Waals surface area contributed by atoms with Gasteiger partial charge in [-0.15, -0.1) is 0 Å². The highest BCUT2D eigenvalue weighted by molar-refractivity contribution is 5.98. The van der Waals surface area contributed by atoms with E-state index in [9.17, 15) is 4.79 Å². The van der Waals surface area contributed by atoms with Crippen molar-refractivity contribution in [2.24, 2.45) is 0 Å². The van der Waals surface area contributed by atoms with Crippen LogP contribution >= 0.6 is 0 Å². The Hall–Kier alpha value is -2.89. The molecule has 0 saturated carbocycles. The van der Waals surface area contributed by atoms with Crippen LogP contribution in [-0.4, -0.2) is 27.2 Å². The predicted octanol–water partition coefficient (Wildman–Crippen LogP) is 3.10. The summed E-state index contributed by atoms with van der Waals surface area (Å²) in [6, 6.07) is 9.11. The zero-order valence-corrected chi connectivity index (χ0v) is 15.3. The van der Waals surface area contributed by atoms with Gasteiger partial charge in [0, 0.05) is 17.8 Å². The zero-order valence-electron chi connectivity index (χ0n) is 15.3. The highest BCUT2D eigenvalue weighted by Crippen LogP contribution is 2.36. The topological polar surface area (TPSA) is 82.8 Å². The van der Waals surface area contributed by atoms with Crippen LogP contribution in [-0.2, 0) is 6.42 Å². The third-order valence-electron chi connectivity index (χ3n) is 4.74. The molecule has 26 heavy (non-hydrogen) atoms. The number of benzene rings is 2. The number of hydrogen-bond donors (Lipinski definition) is 2. The van der Waals surface area contributed by atoms with E-state index < -0.39 is 0 Å². The van der Waals surface area contributed by atoms with Gasteiger partial charge in [-0.25, -0.2) is 0 Å². The second-order valence-corrected chi connectivity index (χ2v) is 6.28. The molecule has 1 unspecified atom stereocenters. The van der Waals surface area contributed by atoms with Crippen molar-refractivity contribution in [1.29, 1.82) is 0 Å². The summed E-state index contributed by atoms with van der Waals surface area (Å²) in [6.07, 6.45) is 2.87. The minimum atomic E-state index is -0.211. The largest absolute Gasteiger partial charge is 0.496 e. The van der Waals surface area contributed by atoms with Gasteiger partial charge in [0.2, 0.25) is 0 Å². The summed E-state index contributed by atoms with van der Waals surface area (Å²) >= 11 is 0. The van der Waals surface area contributed by atoms with E-state index in [-0.39, 0.29) is 11.9 Å². The molecule has 1 atom stereocenters. The van der Waals surface area contributed by atoms with Crippen LogP contribution in [0.1, 0.15) is 40.4 Å². The fourth-order valence-electron chi connectivity index (χ4n) is 3.43. The lowest BCUT2D eigenvalue weighted by Gasteiger charge is -2.27. The number of nitrogen functional groups attached to an aromatic ring is 1. The molecule has 0 heterocycles. The van der Waals surface area contributed by atoms with Gasteiger partial charge in [0.1, 0.15) is 5.75 Å². The summed E-state index contributed by atoms with van der Waals surface area (Å²) in [6.45, 7) is 0. The van der Waals surface area contributed by atoms with E-state index in [1.54, 1.807) is 19.2 Å². The molecule has 1 aliphatic rings. The fourth-order valence-corrected chi connectivity index (χ4v) is 3.43. The van der Waals surface area contributed by atoms with Crippen LogP contribution in [0.25, 0.3) is 0 Å². The molecule has 0 fully saturated rings. The van der Waals surface area contributed by atoms with Crippen LogP contribution in [0.15, 0.2) is 30.3 Å². The molecule has 0 aliphatic heterocycles. The lowest BCUT2D eigenvalue weighted by Crippen LogP contribution is -2.31. The van der Waals surface area contributed by atoms with Crippen LogP contribution in [0.4, 0.5) is 5.69 Å². The number of nitrogens with two attached hydrogens (primary N) is 1. The molecular weight excluding hydrogens is 332 g/mol. The van der Waals surface area contributed by atoms with E-state index in [0.29, 0.717) is 22.8 Å². The lowest BCUT2D eigenvalue weighted by molar-refractivity contribution is 0.0929. The second-order valence-electron chi connectivity index (χ2n) is 6.28. The van der Waals surface area contributed by atoms with Crippen molar-refractivity contribution in [2.75, 3.05) is 27.1 Å². The Morgan fingerprint density at radius 1 is 1.04 bits per heavy atom. The number of methoxy groups -OCH3 is 3. The lowest BCUT2D eigenvalue weighted by atomic mass is 9.87. The molecule has 0 bridgehead atoms. The van der Waals surface area contributed by atoms with Crippen molar-refractivity contribution >= 4 is 11.6 Å². The van der Waals surface area contributed by atoms with Crippen LogP contribution in [0.2, 0.25) is 0 Å². The fraction of sp³-hybridized carbons (Fsp3) is 0.350. The van der Waals surface area contributed by atoms with E-state index in [1.165, 1.54) is 19.8 Å². The van der Waals surface area contributed by atoms with Crippen molar-refractivity contribution < 1.29 is 19.0 Å². The van der Waals surface area contributed by atoms with Crippen LogP contribution in [0, 0.1) is 0 Å². The number of carbonyl (C=O) groups excluding carboxylic acids is 1. The van der Waals surface area contributed by atoms with Gasteiger partial charge in [0.15, 0.2) is 11.5 Å². The third kappa shape index (κ3) is 3.40. The normalized spacial score (nSPS) is 15.7. The first-order valence-electron chi connectivity index (χ1n) is 8.56. The minimum Gasteiger partial charge on any atom is -0.496 e. The van der Waals surface area contributed by atoms with Crippen LogP contribution in [0.5, 0.6) is 17.2 Å². The Balaban J connectivity index is 1.90. The number of aryl methyl sites for hydroxylation is 1. The molecule has 1 aliphatic carbocycles. The molecule has 6 heteroatoms. The van der Waals surface area contributed by atoms with E-state index >= 15 is 0 Å². The Labute approximate surface area is 153 Å². The van der Waals surface area contributed by atoms with Gasteiger partial charge in [0.05, 0.1) is 32.9 Å². The third-order valence-corrected chi connectivity index (χ3v) is 4.74. The van der Waals surface area contributed by atoms with Crippen LogP contribution < -0.4 is 25.3 Å². The molecule has 138 valence electrons. The first kappa shape index (κ1) is 17.9. The Morgan fingerprint density at radius 2 is 1.73 bits per heavy atom. The van der Waals surface area contributed by atoms with Gasteiger partial charge in [-0.2, -0.15) is 0 Å². The van der Waals surface area contributed by atoms with E-state index in [1.807, 2.05) is 18.2 Å². The molecule has 1 amide bonds. The molecular formula is C20H24N2O4. The SMILES string of the molecule is COc1cc(OC)c(C(=O)NC2CCCc3cc(N)ccc32)cc1OC. The summed E-state index contributed by atoms with van der Waals surface area (Å²) in [7, 11) is 4.60. The maximum atomic E-state index is 12.9. The minimum absolute atomic E-state index is 0.0512. The average Bonchev–Trinajstić information content (AvgIpc) is 2.66. The molecule has 0 spiro atoms. The summed E-state index contributed by atoms with van der Waals surface area (Å²) < 4.78 is 16.0. The molecule has 3 N–H and O–H groups in total. The number of hydrogen-bond acceptors (Lipinski definition) is 5. The Bertz CT molecular complexity index is 820. The number of nitrogens with one attached hydrogen (secondary N) is 1. The number of carbonyl (C=O) groups is 1. The highest BCUT2D eigenvalue weighted by atomic mass is 16.5.